The van der Waals surface area contributed by atoms with Crippen molar-refractivity contribution in [2.45, 2.75) is 44.2 Å². The summed E-state index contributed by atoms with van der Waals surface area (Å²) in [5.74, 6) is 0.582. The Balaban J connectivity index is 2.05. The van der Waals surface area contributed by atoms with E-state index in [1.165, 1.54) is 5.56 Å². The molecular formula is C22H28N2O2S. The third kappa shape index (κ3) is 6.43. The van der Waals surface area contributed by atoms with Gasteiger partial charge < -0.3 is 10.2 Å². The minimum Gasteiger partial charge on any atom is -0.357 e. The van der Waals surface area contributed by atoms with Gasteiger partial charge in [-0.2, -0.15) is 0 Å². The topological polar surface area (TPSA) is 49.4 Å². The minimum absolute atomic E-state index is 0.00825. The van der Waals surface area contributed by atoms with E-state index in [1.54, 1.807) is 23.7 Å². The summed E-state index contributed by atoms with van der Waals surface area (Å²) in [6, 6.07) is 17.7. The maximum absolute atomic E-state index is 12.9. The number of aryl methyl sites for hydroxylation is 1. The number of carbonyl (C=O) groups excluding carboxylic acids is 2. The summed E-state index contributed by atoms with van der Waals surface area (Å²) in [6.07, 6.45) is 0.988. The molecular weight excluding hydrogens is 356 g/mol. The van der Waals surface area contributed by atoms with Crippen LogP contribution in [0.3, 0.4) is 0 Å². The van der Waals surface area contributed by atoms with E-state index in [-0.39, 0.29) is 11.8 Å². The van der Waals surface area contributed by atoms with Gasteiger partial charge in [-0.3, -0.25) is 9.59 Å². The van der Waals surface area contributed by atoms with Crippen LogP contribution in [0.1, 0.15) is 30.9 Å². The van der Waals surface area contributed by atoms with E-state index in [9.17, 15) is 9.59 Å². The van der Waals surface area contributed by atoms with E-state index in [1.807, 2.05) is 37.3 Å². The van der Waals surface area contributed by atoms with Gasteiger partial charge in [0.05, 0.1) is 0 Å². The van der Waals surface area contributed by atoms with Gasteiger partial charge in [-0.25, -0.2) is 0 Å². The van der Waals surface area contributed by atoms with Gasteiger partial charge >= 0.3 is 0 Å². The van der Waals surface area contributed by atoms with Crippen molar-refractivity contribution in [1.29, 1.82) is 0 Å². The van der Waals surface area contributed by atoms with Gasteiger partial charge in [0.1, 0.15) is 6.04 Å². The lowest BCUT2D eigenvalue weighted by Crippen LogP contribution is -2.48. The summed E-state index contributed by atoms with van der Waals surface area (Å²) in [7, 11) is 1.61. The van der Waals surface area contributed by atoms with Crippen LogP contribution in [0.5, 0.6) is 0 Å². The minimum atomic E-state index is -0.452. The largest absolute Gasteiger partial charge is 0.357 e. The molecule has 1 N–H and O–H groups in total. The number of nitrogens with zero attached hydrogens (tertiary/aromatic N) is 1. The Hall–Kier alpha value is -2.27. The molecule has 2 aromatic carbocycles. The summed E-state index contributed by atoms with van der Waals surface area (Å²) >= 11 is 1.67. The number of thioether (sulfide) groups is 1. The van der Waals surface area contributed by atoms with Crippen LogP contribution < -0.4 is 5.32 Å². The Kier molecular flexibility index (Phi) is 8.40. The van der Waals surface area contributed by atoms with E-state index in [4.69, 9.17) is 0 Å². The normalized spacial score (nSPS) is 11.7. The van der Waals surface area contributed by atoms with Crippen LogP contribution in [0, 0.1) is 6.92 Å². The fourth-order valence-corrected chi connectivity index (χ4v) is 3.74. The highest BCUT2D eigenvalue weighted by Crippen LogP contribution is 2.21. The van der Waals surface area contributed by atoms with Crippen molar-refractivity contribution in [2.75, 3.05) is 12.8 Å². The zero-order chi connectivity index (χ0) is 19.6. The molecule has 27 heavy (non-hydrogen) atoms. The van der Waals surface area contributed by atoms with Crippen LogP contribution in [0.2, 0.25) is 0 Å². The van der Waals surface area contributed by atoms with Gasteiger partial charge in [-0.1, -0.05) is 55.0 Å². The predicted octanol–water partition coefficient (Wildman–Crippen LogP) is 4.03. The number of rotatable bonds is 9. The molecule has 0 bridgehead atoms. The lowest BCUT2D eigenvalue weighted by Gasteiger charge is -2.30. The summed E-state index contributed by atoms with van der Waals surface area (Å²) in [5, 5.41) is 2.69. The smallest absolute Gasteiger partial charge is 0.242 e. The monoisotopic (exact) mass is 384 g/mol. The highest BCUT2D eigenvalue weighted by atomic mass is 32.2. The number of nitrogens with one attached hydrogen (secondary N) is 1. The molecule has 0 spiro atoms. The molecule has 5 heteroatoms. The molecule has 0 aliphatic carbocycles. The molecule has 2 amide bonds. The van der Waals surface area contributed by atoms with E-state index < -0.39 is 6.04 Å². The number of hydrogen-bond donors (Lipinski definition) is 1. The maximum Gasteiger partial charge on any atom is 0.242 e. The van der Waals surface area contributed by atoms with Crippen LogP contribution in [-0.2, 0) is 16.1 Å². The average Bonchev–Trinajstić information content (AvgIpc) is 2.69. The molecule has 4 nitrogen and oxygen atoms in total. The molecule has 2 rings (SSSR count). The first-order chi connectivity index (χ1) is 13.0. The Bertz CT molecular complexity index is 732. The standard InChI is InChI=1S/C22H28N2O2S/c1-4-20(22(26)23-3)24(16-18-8-6-5-7-9-18)21(25)14-15-27-19-12-10-17(2)11-13-19/h5-13,20H,4,14-16H2,1-3H3,(H,23,26)/t20-/m1/s1. The van der Waals surface area contributed by atoms with Crippen molar-refractivity contribution < 1.29 is 9.59 Å². The van der Waals surface area contributed by atoms with Crippen molar-refractivity contribution in [2.24, 2.45) is 0 Å². The zero-order valence-corrected chi connectivity index (χ0v) is 17.1. The van der Waals surface area contributed by atoms with Crippen molar-refractivity contribution in [3.05, 3.63) is 65.7 Å². The number of hydrogen-bond acceptors (Lipinski definition) is 3. The Morgan fingerprint density at radius 2 is 1.74 bits per heavy atom. The van der Waals surface area contributed by atoms with Gasteiger partial charge in [-0.15, -0.1) is 11.8 Å². The molecule has 1 atom stereocenters. The molecule has 0 saturated carbocycles. The first kappa shape index (κ1) is 21.0. The van der Waals surface area contributed by atoms with E-state index >= 15 is 0 Å². The van der Waals surface area contributed by atoms with Crippen LogP contribution in [-0.4, -0.2) is 35.6 Å². The quantitative estimate of drug-likeness (QED) is 0.664. The molecule has 0 unspecified atom stereocenters. The summed E-state index contributed by atoms with van der Waals surface area (Å²) in [5.41, 5.74) is 2.25. The van der Waals surface area contributed by atoms with E-state index in [0.29, 0.717) is 25.1 Å². The molecule has 0 fully saturated rings. The molecule has 0 radical (unpaired) electrons. The highest BCUT2D eigenvalue weighted by Gasteiger charge is 2.27. The first-order valence-corrected chi connectivity index (χ1v) is 10.3. The van der Waals surface area contributed by atoms with Crippen LogP contribution in [0.4, 0.5) is 0 Å². The Labute approximate surface area is 166 Å². The third-order valence-corrected chi connectivity index (χ3v) is 5.45. The summed E-state index contributed by atoms with van der Waals surface area (Å²) in [6.45, 7) is 4.44. The Morgan fingerprint density at radius 3 is 2.33 bits per heavy atom. The van der Waals surface area contributed by atoms with Gasteiger partial charge in [0.15, 0.2) is 0 Å². The molecule has 0 aliphatic rings. The number of benzene rings is 2. The van der Waals surface area contributed by atoms with Gasteiger partial charge in [0.25, 0.3) is 0 Å². The van der Waals surface area contributed by atoms with Crippen molar-refractivity contribution in [3.8, 4) is 0 Å². The highest BCUT2D eigenvalue weighted by molar-refractivity contribution is 7.99. The summed E-state index contributed by atoms with van der Waals surface area (Å²) < 4.78 is 0. The average molecular weight is 385 g/mol. The van der Waals surface area contributed by atoms with Crippen LogP contribution in [0.25, 0.3) is 0 Å². The third-order valence-electron chi connectivity index (χ3n) is 4.43. The van der Waals surface area contributed by atoms with E-state index in [2.05, 4.69) is 36.5 Å². The fraction of sp³-hybridized carbons (Fsp3) is 0.364. The molecule has 0 aliphatic heterocycles. The van der Waals surface area contributed by atoms with Gasteiger partial charge in [0.2, 0.25) is 11.8 Å². The second-order valence-electron chi connectivity index (χ2n) is 6.46. The predicted molar refractivity (Wildman–Crippen MR) is 112 cm³/mol. The lowest BCUT2D eigenvalue weighted by atomic mass is 10.1. The van der Waals surface area contributed by atoms with Gasteiger partial charge in [-0.05, 0) is 31.0 Å². The molecule has 2 aromatic rings. The van der Waals surface area contributed by atoms with Crippen molar-refractivity contribution in [1.82, 2.24) is 10.2 Å². The van der Waals surface area contributed by atoms with Crippen LogP contribution in [0.15, 0.2) is 59.5 Å². The van der Waals surface area contributed by atoms with Gasteiger partial charge in [0, 0.05) is 30.7 Å². The summed E-state index contributed by atoms with van der Waals surface area (Å²) in [4.78, 5) is 28.1. The zero-order valence-electron chi connectivity index (χ0n) is 16.3. The van der Waals surface area contributed by atoms with E-state index in [0.717, 1.165) is 10.5 Å². The molecule has 144 valence electrons. The maximum atomic E-state index is 12.9. The Morgan fingerprint density at radius 1 is 1.07 bits per heavy atom. The lowest BCUT2D eigenvalue weighted by molar-refractivity contribution is -0.140. The SMILES string of the molecule is CC[C@H](C(=O)NC)N(Cc1ccccc1)C(=O)CCSc1ccc(C)cc1. The molecule has 0 saturated heterocycles. The fourth-order valence-electron chi connectivity index (χ4n) is 2.90. The van der Waals surface area contributed by atoms with Crippen molar-refractivity contribution >= 4 is 23.6 Å². The second-order valence-corrected chi connectivity index (χ2v) is 7.63. The molecule has 0 heterocycles. The second kappa shape index (κ2) is 10.8. The van der Waals surface area contributed by atoms with Crippen molar-refractivity contribution in [3.63, 3.8) is 0 Å². The van der Waals surface area contributed by atoms with Crippen LogP contribution >= 0.6 is 11.8 Å². The number of likely N-dealkylation sites (N-methyl/N-ethyl adjacent to an activating group) is 1. The first-order valence-electron chi connectivity index (χ1n) is 9.29. The number of carbonyl (C=O) groups is 2. The number of amides is 2. The molecule has 0 aromatic heterocycles.